The van der Waals surface area contributed by atoms with Crippen LogP contribution in [-0.2, 0) is 0 Å². The van der Waals surface area contributed by atoms with E-state index in [1.165, 1.54) is 0 Å². The summed E-state index contributed by atoms with van der Waals surface area (Å²) in [5.74, 6) is 0. The van der Waals surface area contributed by atoms with Gasteiger partial charge in [-0.2, -0.15) is 5.10 Å². The molecule has 0 aliphatic rings. The van der Waals surface area contributed by atoms with E-state index in [-0.39, 0.29) is 0 Å². The van der Waals surface area contributed by atoms with Crippen LogP contribution in [0.5, 0.6) is 0 Å². The fraction of sp³-hybridized carbons (Fsp3) is 0.250. The van der Waals surface area contributed by atoms with Crippen molar-refractivity contribution in [1.82, 2.24) is 10.2 Å². The van der Waals surface area contributed by atoms with E-state index in [1.54, 1.807) is 0 Å². The summed E-state index contributed by atoms with van der Waals surface area (Å²) in [6, 6.07) is 6.16. The molecule has 0 aliphatic carbocycles. The molecule has 0 atom stereocenters. The molecule has 0 spiro atoms. The average Bonchev–Trinajstić information content (AvgIpc) is 2.88. The molecule has 0 aliphatic heterocycles. The maximum atomic E-state index is 4.74. The Morgan fingerprint density at radius 2 is 2.26 bits per heavy atom. The highest BCUT2D eigenvalue weighted by atomic mass is 15.1. The van der Waals surface area contributed by atoms with Crippen LogP contribution in [0.4, 0.5) is 0 Å². The summed E-state index contributed by atoms with van der Waals surface area (Å²) in [5, 5.41) is 8.26. The smallest absolute Gasteiger partial charge is 0.0740 e. The number of allylic oxidation sites excluding steroid dienone is 2. The number of fused-ring (bicyclic) bond motifs is 1. The minimum Gasteiger partial charge on any atom is -0.277 e. The number of hydrogen-bond acceptors (Lipinski definition) is 2. The van der Waals surface area contributed by atoms with Gasteiger partial charge in [-0.1, -0.05) is 37.8 Å². The predicted molar refractivity (Wildman–Crippen MR) is 81.5 cm³/mol. The lowest BCUT2D eigenvalue weighted by molar-refractivity contribution is 1.11. The molecule has 2 rings (SSSR count). The Kier molecular flexibility index (Phi) is 3.95. The van der Waals surface area contributed by atoms with Gasteiger partial charge >= 0.3 is 0 Å². The van der Waals surface area contributed by atoms with E-state index in [0.29, 0.717) is 0 Å². The minimum absolute atomic E-state index is 0.864. The van der Waals surface area contributed by atoms with Gasteiger partial charge in [-0.15, -0.1) is 0 Å². The Morgan fingerprint density at radius 3 is 2.89 bits per heavy atom. The third-order valence-corrected chi connectivity index (χ3v) is 3.09. The first-order valence-electron chi connectivity index (χ1n) is 6.49. The first-order chi connectivity index (χ1) is 9.17. The van der Waals surface area contributed by atoms with Crippen molar-refractivity contribution in [2.75, 3.05) is 0 Å². The highest BCUT2D eigenvalue weighted by Crippen LogP contribution is 2.20. The van der Waals surface area contributed by atoms with Crippen LogP contribution in [0.2, 0.25) is 0 Å². The van der Waals surface area contributed by atoms with E-state index in [4.69, 9.17) is 4.99 Å². The molecule has 1 aromatic carbocycles. The summed E-state index contributed by atoms with van der Waals surface area (Å²) in [7, 11) is 0. The highest BCUT2D eigenvalue weighted by Gasteiger charge is 2.08. The van der Waals surface area contributed by atoms with Crippen molar-refractivity contribution >= 4 is 16.6 Å². The lowest BCUT2D eigenvalue weighted by atomic mass is 10.0. The van der Waals surface area contributed by atoms with E-state index >= 15 is 0 Å². The molecule has 1 N–H and O–H groups in total. The van der Waals surface area contributed by atoms with Crippen molar-refractivity contribution < 1.29 is 0 Å². The standard InChI is InChI=1S/C16H19N3/c1-5-14(11(3)4)18-15(6-2)13-9-7-8-12-10-17-19-16(12)13/h5,7-10H,3,6H2,1-2,4H3,(H,17,19)/b14-5-,18-15+. The average molecular weight is 253 g/mol. The fourth-order valence-electron chi connectivity index (χ4n) is 2.09. The van der Waals surface area contributed by atoms with Gasteiger partial charge < -0.3 is 0 Å². The summed E-state index contributed by atoms with van der Waals surface area (Å²) in [6.45, 7) is 10.0. The van der Waals surface area contributed by atoms with Gasteiger partial charge in [-0.25, -0.2) is 0 Å². The Labute approximate surface area is 113 Å². The van der Waals surface area contributed by atoms with E-state index < -0.39 is 0 Å². The number of para-hydroxylation sites is 1. The molecule has 0 saturated carbocycles. The van der Waals surface area contributed by atoms with Crippen LogP contribution >= 0.6 is 0 Å². The number of aliphatic imine (C=N–C) groups is 1. The zero-order valence-electron chi connectivity index (χ0n) is 11.7. The molecule has 0 saturated heterocycles. The number of aromatic amines is 1. The molecule has 0 unspecified atom stereocenters. The molecule has 1 heterocycles. The highest BCUT2D eigenvalue weighted by molar-refractivity contribution is 6.09. The number of aromatic nitrogens is 2. The van der Waals surface area contributed by atoms with Crippen LogP contribution in [0.25, 0.3) is 10.9 Å². The molecule has 98 valence electrons. The van der Waals surface area contributed by atoms with Gasteiger partial charge in [0, 0.05) is 10.9 Å². The second kappa shape index (κ2) is 5.65. The number of nitrogens with one attached hydrogen (secondary N) is 1. The van der Waals surface area contributed by atoms with Crippen molar-refractivity contribution in [1.29, 1.82) is 0 Å². The topological polar surface area (TPSA) is 41.0 Å². The van der Waals surface area contributed by atoms with Gasteiger partial charge in [0.2, 0.25) is 0 Å². The van der Waals surface area contributed by atoms with Gasteiger partial charge in [-0.3, -0.25) is 10.1 Å². The van der Waals surface area contributed by atoms with Crippen molar-refractivity contribution in [3.8, 4) is 0 Å². The van der Waals surface area contributed by atoms with E-state index in [2.05, 4.69) is 29.8 Å². The van der Waals surface area contributed by atoms with Crippen LogP contribution in [0.3, 0.4) is 0 Å². The summed E-state index contributed by atoms with van der Waals surface area (Å²) in [6.07, 6.45) is 4.69. The van der Waals surface area contributed by atoms with Gasteiger partial charge in [-0.05, 0) is 25.8 Å². The Hall–Kier alpha value is -2.16. The third kappa shape index (κ3) is 2.65. The molecule has 1 aromatic heterocycles. The van der Waals surface area contributed by atoms with Crippen LogP contribution in [-0.4, -0.2) is 15.9 Å². The molecular weight excluding hydrogens is 234 g/mol. The normalized spacial score (nSPS) is 13.0. The third-order valence-electron chi connectivity index (χ3n) is 3.09. The quantitative estimate of drug-likeness (QED) is 0.642. The van der Waals surface area contributed by atoms with Crippen LogP contribution in [0.1, 0.15) is 32.8 Å². The molecule has 0 radical (unpaired) electrons. The first-order valence-corrected chi connectivity index (χ1v) is 6.49. The molecule has 3 nitrogen and oxygen atoms in total. The number of rotatable bonds is 4. The number of benzene rings is 1. The van der Waals surface area contributed by atoms with E-state index in [9.17, 15) is 0 Å². The van der Waals surface area contributed by atoms with Gasteiger partial charge in [0.15, 0.2) is 0 Å². The maximum Gasteiger partial charge on any atom is 0.0740 e. The SMILES string of the molecule is C=C(C)C(=C/C)/N=C(\CC)c1cccc2cn[nH]c12. The Bertz CT molecular complexity index is 659. The zero-order chi connectivity index (χ0) is 13.8. The second-order valence-corrected chi connectivity index (χ2v) is 4.51. The van der Waals surface area contributed by atoms with Gasteiger partial charge in [0.1, 0.15) is 0 Å². The van der Waals surface area contributed by atoms with Crippen LogP contribution in [0, 0.1) is 0 Å². The van der Waals surface area contributed by atoms with Crippen LogP contribution in [0.15, 0.2) is 53.3 Å². The maximum absolute atomic E-state index is 4.74. The molecule has 3 heteroatoms. The molecule has 0 bridgehead atoms. The first kappa shape index (κ1) is 13.3. The monoisotopic (exact) mass is 253 g/mol. The summed E-state index contributed by atoms with van der Waals surface area (Å²) >= 11 is 0. The predicted octanol–water partition coefficient (Wildman–Crippen LogP) is 4.24. The second-order valence-electron chi connectivity index (χ2n) is 4.51. The molecule has 2 aromatic rings. The van der Waals surface area contributed by atoms with Gasteiger partial charge in [0.05, 0.1) is 23.1 Å². The summed E-state index contributed by atoms with van der Waals surface area (Å²) in [4.78, 5) is 4.74. The van der Waals surface area contributed by atoms with Crippen LogP contribution < -0.4 is 0 Å². The largest absolute Gasteiger partial charge is 0.277 e. The Balaban J connectivity index is 2.56. The number of H-pyrrole nitrogens is 1. The van der Waals surface area contributed by atoms with Crippen molar-refractivity contribution in [2.45, 2.75) is 27.2 Å². The van der Waals surface area contributed by atoms with E-state index in [1.807, 2.05) is 38.3 Å². The number of hydrogen-bond donors (Lipinski definition) is 1. The number of nitrogens with zero attached hydrogens (tertiary/aromatic N) is 2. The molecule has 19 heavy (non-hydrogen) atoms. The van der Waals surface area contributed by atoms with Crippen molar-refractivity contribution in [3.63, 3.8) is 0 Å². The minimum atomic E-state index is 0.864. The zero-order valence-corrected chi connectivity index (χ0v) is 11.7. The van der Waals surface area contributed by atoms with Crippen molar-refractivity contribution in [3.05, 3.63) is 53.9 Å². The van der Waals surface area contributed by atoms with E-state index in [0.717, 1.165) is 39.9 Å². The fourth-order valence-corrected chi connectivity index (χ4v) is 2.09. The lowest BCUT2D eigenvalue weighted by Gasteiger charge is -2.08. The van der Waals surface area contributed by atoms with Crippen molar-refractivity contribution in [2.24, 2.45) is 4.99 Å². The lowest BCUT2D eigenvalue weighted by Crippen LogP contribution is -2.01. The summed E-state index contributed by atoms with van der Waals surface area (Å²) in [5.41, 5.74) is 5.11. The molecule has 0 amide bonds. The van der Waals surface area contributed by atoms with Gasteiger partial charge in [0.25, 0.3) is 0 Å². The molecular formula is C16H19N3. The summed E-state index contributed by atoms with van der Waals surface area (Å²) < 4.78 is 0. The molecule has 0 fully saturated rings. The Morgan fingerprint density at radius 1 is 1.47 bits per heavy atom.